The molecule has 1 saturated carbocycles. The molecular weight excluding hydrogens is 380 g/mol. The predicted molar refractivity (Wildman–Crippen MR) is 112 cm³/mol. The molecule has 4 aliphatic heterocycles. The lowest BCUT2D eigenvalue weighted by Gasteiger charge is -2.54. The van der Waals surface area contributed by atoms with E-state index < -0.39 is 6.04 Å². The Hall–Kier alpha value is -2.25. The summed E-state index contributed by atoms with van der Waals surface area (Å²) in [6.07, 6.45) is 5.83. The first-order valence-corrected chi connectivity index (χ1v) is 11.1. The van der Waals surface area contributed by atoms with Crippen LogP contribution in [0, 0.1) is 5.92 Å². The minimum absolute atomic E-state index is 0.102. The molecule has 1 aromatic carbocycles. The second-order valence-corrected chi connectivity index (χ2v) is 9.65. The predicted octanol–water partition coefficient (Wildman–Crippen LogP) is 1.41. The number of fused-ring (bicyclic) bond motifs is 3. The van der Waals surface area contributed by atoms with E-state index in [-0.39, 0.29) is 24.1 Å². The highest BCUT2D eigenvalue weighted by Gasteiger charge is 2.46. The maximum atomic E-state index is 13.0. The summed E-state index contributed by atoms with van der Waals surface area (Å²) in [6, 6.07) is 5.53. The van der Waals surface area contributed by atoms with Gasteiger partial charge in [-0.05, 0) is 75.4 Å². The maximum absolute atomic E-state index is 13.0. The van der Waals surface area contributed by atoms with Gasteiger partial charge >= 0.3 is 0 Å². The Bertz CT molecular complexity index is 887. The van der Waals surface area contributed by atoms with E-state index in [1.807, 2.05) is 12.1 Å². The van der Waals surface area contributed by atoms with Crippen LogP contribution >= 0.6 is 0 Å². The summed E-state index contributed by atoms with van der Waals surface area (Å²) in [5, 5.41) is 6.09. The number of hydrogen-bond donors (Lipinski definition) is 2. The lowest BCUT2D eigenvalue weighted by molar-refractivity contribution is -0.136. The highest BCUT2D eigenvalue weighted by Crippen LogP contribution is 2.45. The summed E-state index contributed by atoms with van der Waals surface area (Å²) < 4.78 is 0. The fourth-order valence-corrected chi connectivity index (χ4v) is 5.72. The van der Waals surface area contributed by atoms with Crippen LogP contribution in [0.25, 0.3) is 0 Å². The molecule has 1 aliphatic carbocycles. The molecule has 0 spiro atoms. The van der Waals surface area contributed by atoms with Gasteiger partial charge in [-0.15, -0.1) is 0 Å². The Labute approximate surface area is 177 Å². The van der Waals surface area contributed by atoms with Crippen LogP contribution in [0.2, 0.25) is 0 Å². The molecule has 6 rings (SSSR count). The number of nitrogens with one attached hydrogen (secondary N) is 2. The van der Waals surface area contributed by atoms with Gasteiger partial charge in [0.05, 0.1) is 0 Å². The van der Waals surface area contributed by atoms with Crippen molar-refractivity contribution >= 4 is 17.7 Å². The molecule has 2 bridgehead atoms. The standard InChI is InChI=1S/C23H30N4O3/c1-26(9-7-23-11-16(12-23)6-8-24-23)13-15-2-3-17-14-27(22(30)18(17)10-15)19-4-5-20(28)25-21(19)29/h2-3,10,16,19,24H,4-9,11-14H2,1H3,(H,25,28,29). The lowest BCUT2D eigenvalue weighted by Crippen LogP contribution is -2.61. The highest BCUT2D eigenvalue weighted by atomic mass is 16.2. The molecule has 1 aromatic rings. The zero-order valence-electron chi connectivity index (χ0n) is 17.6. The fourth-order valence-electron chi connectivity index (χ4n) is 5.72. The van der Waals surface area contributed by atoms with E-state index in [1.165, 1.54) is 25.7 Å². The number of hydrogen-bond acceptors (Lipinski definition) is 5. The van der Waals surface area contributed by atoms with Crippen LogP contribution in [0.15, 0.2) is 18.2 Å². The summed E-state index contributed by atoms with van der Waals surface area (Å²) in [5.41, 5.74) is 3.14. The first-order valence-electron chi connectivity index (χ1n) is 11.1. The average Bonchev–Trinajstić information content (AvgIpc) is 3.02. The van der Waals surface area contributed by atoms with Gasteiger partial charge in [-0.1, -0.05) is 12.1 Å². The third-order valence-corrected chi connectivity index (χ3v) is 7.43. The molecule has 30 heavy (non-hydrogen) atoms. The number of rotatable bonds is 6. The Morgan fingerprint density at radius 3 is 2.77 bits per heavy atom. The Morgan fingerprint density at radius 2 is 2.03 bits per heavy atom. The summed E-state index contributed by atoms with van der Waals surface area (Å²) in [4.78, 5) is 40.5. The third kappa shape index (κ3) is 3.54. The van der Waals surface area contributed by atoms with Crippen molar-refractivity contribution in [2.75, 3.05) is 20.1 Å². The molecule has 7 heteroatoms. The van der Waals surface area contributed by atoms with E-state index in [1.54, 1.807) is 4.90 Å². The lowest BCUT2D eigenvalue weighted by atomic mass is 9.62. The molecule has 160 valence electrons. The molecule has 1 unspecified atom stereocenters. The average molecular weight is 411 g/mol. The van der Waals surface area contributed by atoms with Crippen molar-refractivity contribution in [3.8, 4) is 0 Å². The monoisotopic (exact) mass is 410 g/mol. The summed E-state index contributed by atoms with van der Waals surface area (Å²) in [6.45, 7) is 3.43. The molecule has 7 nitrogen and oxygen atoms in total. The van der Waals surface area contributed by atoms with Crippen molar-refractivity contribution < 1.29 is 14.4 Å². The van der Waals surface area contributed by atoms with Gasteiger partial charge in [-0.25, -0.2) is 0 Å². The summed E-state index contributed by atoms with van der Waals surface area (Å²) >= 11 is 0. The van der Waals surface area contributed by atoms with Crippen LogP contribution in [0.1, 0.15) is 60.0 Å². The largest absolute Gasteiger partial charge is 0.322 e. The SMILES string of the molecule is CN(CCC12CC(CCN1)C2)Cc1ccc2c(c1)C(=O)N(C1CCC(=O)NC1=O)C2. The number of piperidine rings is 3. The Kier molecular flexibility index (Phi) is 4.90. The van der Waals surface area contributed by atoms with Crippen molar-refractivity contribution in [3.63, 3.8) is 0 Å². The zero-order valence-corrected chi connectivity index (χ0v) is 17.6. The number of benzene rings is 1. The van der Waals surface area contributed by atoms with Gasteiger partial charge in [-0.2, -0.15) is 0 Å². The van der Waals surface area contributed by atoms with E-state index in [0.29, 0.717) is 24.1 Å². The fraction of sp³-hybridized carbons (Fsp3) is 0.609. The third-order valence-electron chi connectivity index (χ3n) is 7.43. The smallest absolute Gasteiger partial charge is 0.255 e. The van der Waals surface area contributed by atoms with Gasteiger partial charge in [0.15, 0.2) is 0 Å². The van der Waals surface area contributed by atoms with Crippen LogP contribution in [0.5, 0.6) is 0 Å². The van der Waals surface area contributed by atoms with Crippen molar-refractivity contribution in [2.45, 2.75) is 63.2 Å². The second-order valence-electron chi connectivity index (χ2n) is 9.65. The van der Waals surface area contributed by atoms with Gasteiger partial charge in [0.1, 0.15) is 6.04 Å². The van der Waals surface area contributed by atoms with Crippen LogP contribution < -0.4 is 10.6 Å². The number of carbonyl (C=O) groups excluding carboxylic acids is 3. The van der Waals surface area contributed by atoms with Crippen molar-refractivity contribution in [1.82, 2.24) is 20.4 Å². The topological polar surface area (TPSA) is 81.8 Å². The molecule has 1 atom stereocenters. The van der Waals surface area contributed by atoms with Crippen LogP contribution in [-0.2, 0) is 22.7 Å². The van der Waals surface area contributed by atoms with Crippen LogP contribution in [-0.4, -0.2) is 59.2 Å². The first kappa shape index (κ1) is 19.7. The van der Waals surface area contributed by atoms with E-state index in [9.17, 15) is 14.4 Å². The highest BCUT2D eigenvalue weighted by molar-refractivity contribution is 6.05. The van der Waals surface area contributed by atoms with Crippen LogP contribution in [0.4, 0.5) is 0 Å². The van der Waals surface area contributed by atoms with E-state index in [0.717, 1.165) is 36.7 Å². The second kappa shape index (κ2) is 7.46. The molecular formula is C23H30N4O3. The van der Waals surface area contributed by atoms with Gasteiger partial charge < -0.3 is 15.1 Å². The first-order chi connectivity index (χ1) is 14.4. The molecule has 5 aliphatic rings. The van der Waals surface area contributed by atoms with E-state index in [4.69, 9.17) is 0 Å². The number of imide groups is 1. The normalized spacial score (nSPS) is 30.3. The zero-order chi connectivity index (χ0) is 20.9. The quantitative estimate of drug-likeness (QED) is 0.693. The summed E-state index contributed by atoms with van der Waals surface area (Å²) in [7, 11) is 2.14. The van der Waals surface area contributed by atoms with Crippen molar-refractivity contribution in [3.05, 3.63) is 34.9 Å². The molecule has 4 heterocycles. The van der Waals surface area contributed by atoms with Gasteiger partial charge in [0.25, 0.3) is 5.91 Å². The van der Waals surface area contributed by atoms with Gasteiger partial charge in [0.2, 0.25) is 11.8 Å². The Morgan fingerprint density at radius 1 is 1.20 bits per heavy atom. The molecule has 3 saturated heterocycles. The van der Waals surface area contributed by atoms with Crippen molar-refractivity contribution in [2.24, 2.45) is 5.92 Å². The summed E-state index contributed by atoms with van der Waals surface area (Å²) in [5.74, 6) is 0.216. The van der Waals surface area contributed by atoms with Crippen LogP contribution in [0.3, 0.4) is 0 Å². The minimum Gasteiger partial charge on any atom is -0.322 e. The Balaban J connectivity index is 1.20. The van der Waals surface area contributed by atoms with E-state index >= 15 is 0 Å². The molecule has 0 radical (unpaired) electrons. The van der Waals surface area contributed by atoms with Gasteiger partial charge in [0, 0.05) is 30.6 Å². The molecule has 0 aromatic heterocycles. The van der Waals surface area contributed by atoms with Crippen molar-refractivity contribution in [1.29, 1.82) is 0 Å². The maximum Gasteiger partial charge on any atom is 0.255 e. The number of amides is 3. The molecule has 4 fully saturated rings. The minimum atomic E-state index is -0.553. The molecule has 3 amide bonds. The van der Waals surface area contributed by atoms with E-state index in [2.05, 4.69) is 28.6 Å². The molecule has 2 N–H and O–H groups in total. The van der Waals surface area contributed by atoms with Gasteiger partial charge in [-0.3, -0.25) is 19.7 Å². The number of nitrogens with zero attached hydrogens (tertiary/aromatic N) is 2. The number of carbonyl (C=O) groups is 3.